The number of rotatable bonds is 6. The van der Waals surface area contributed by atoms with Gasteiger partial charge in [-0.25, -0.2) is 0 Å². The van der Waals surface area contributed by atoms with Gasteiger partial charge in [-0.3, -0.25) is 4.90 Å². The van der Waals surface area contributed by atoms with Crippen molar-refractivity contribution in [2.45, 2.75) is 25.4 Å². The van der Waals surface area contributed by atoms with Crippen molar-refractivity contribution in [2.24, 2.45) is 0 Å². The molecule has 0 bridgehead atoms. The predicted molar refractivity (Wildman–Crippen MR) is 85.9 cm³/mol. The fourth-order valence-electron chi connectivity index (χ4n) is 2.90. The maximum atomic E-state index is 2.68. The average molecular weight is 275 g/mol. The van der Waals surface area contributed by atoms with Gasteiger partial charge in [0.2, 0.25) is 0 Å². The summed E-state index contributed by atoms with van der Waals surface area (Å²) < 4.78 is 0. The lowest BCUT2D eigenvalue weighted by Crippen LogP contribution is -2.45. The lowest BCUT2D eigenvalue weighted by Gasteiger charge is -2.38. The number of benzene rings is 1. The van der Waals surface area contributed by atoms with E-state index in [2.05, 4.69) is 66.2 Å². The van der Waals surface area contributed by atoms with Crippen LogP contribution < -0.4 is 0 Å². The van der Waals surface area contributed by atoms with Crippen LogP contribution in [0.15, 0.2) is 30.3 Å². The normalized spacial score (nSPS) is 18.1. The van der Waals surface area contributed by atoms with Crippen molar-refractivity contribution in [3.63, 3.8) is 0 Å². The summed E-state index contributed by atoms with van der Waals surface area (Å²) in [5.74, 6) is 0. The molecule has 0 unspecified atom stereocenters. The van der Waals surface area contributed by atoms with Gasteiger partial charge >= 0.3 is 0 Å². The van der Waals surface area contributed by atoms with Crippen LogP contribution in [0.4, 0.5) is 0 Å². The summed E-state index contributed by atoms with van der Waals surface area (Å²) in [4.78, 5) is 7.42. The van der Waals surface area contributed by atoms with Crippen LogP contribution in [0.25, 0.3) is 0 Å². The molecular weight excluding hydrogens is 246 g/mol. The quantitative estimate of drug-likeness (QED) is 0.787. The molecule has 1 aromatic rings. The molecule has 0 saturated carbocycles. The van der Waals surface area contributed by atoms with Gasteiger partial charge in [0, 0.05) is 25.7 Å². The third kappa shape index (κ3) is 4.89. The van der Waals surface area contributed by atoms with Gasteiger partial charge < -0.3 is 9.80 Å². The van der Waals surface area contributed by atoms with Gasteiger partial charge in [-0.05, 0) is 52.6 Å². The van der Waals surface area contributed by atoms with Crippen LogP contribution in [-0.2, 0) is 6.54 Å². The van der Waals surface area contributed by atoms with Gasteiger partial charge in [0.05, 0.1) is 0 Å². The highest BCUT2D eigenvalue weighted by Crippen LogP contribution is 2.18. The second-order valence-electron chi connectivity index (χ2n) is 6.29. The van der Waals surface area contributed by atoms with Crippen molar-refractivity contribution in [1.29, 1.82) is 0 Å². The Morgan fingerprint density at radius 1 is 1.05 bits per heavy atom. The number of nitrogens with zero attached hydrogens (tertiary/aromatic N) is 3. The van der Waals surface area contributed by atoms with E-state index in [1.54, 1.807) is 0 Å². The molecule has 20 heavy (non-hydrogen) atoms. The molecular formula is C17H29N3. The molecule has 1 fully saturated rings. The Hall–Kier alpha value is -0.900. The summed E-state index contributed by atoms with van der Waals surface area (Å²) in [6, 6.07) is 11.6. The molecule has 1 saturated heterocycles. The number of likely N-dealkylation sites (N-methyl/N-ethyl adjacent to an activating group) is 1. The van der Waals surface area contributed by atoms with Crippen molar-refractivity contribution < 1.29 is 0 Å². The van der Waals surface area contributed by atoms with Crippen LogP contribution in [-0.4, -0.2) is 68.1 Å². The Labute approximate surface area is 124 Å². The van der Waals surface area contributed by atoms with Crippen molar-refractivity contribution in [3.8, 4) is 0 Å². The first-order chi connectivity index (χ1) is 9.65. The molecule has 112 valence electrons. The first-order valence-corrected chi connectivity index (χ1v) is 7.76. The average Bonchev–Trinajstić information content (AvgIpc) is 2.45. The SMILES string of the molecule is CN(C)CCN(Cc1ccccc1)C1CCN(C)CC1. The molecule has 0 aliphatic carbocycles. The zero-order valence-corrected chi connectivity index (χ0v) is 13.3. The maximum absolute atomic E-state index is 2.68. The fourth-order valence-corrected chi connectivity index (χ4v) is 2.90. The van der Waals surface area contributed by atoms with E-state index in [1.165, 1.54) is 31.5 Å². The summed E-state index contributed by atoms with van der Waals surface area (Å²) >= 11 is 0. The lowest BCUT2D eigenvalue weighted by molar-refractivity contribution is 0.107. The van der Waals surface area contributed by atoms with E-state index in [1.807, 2.05) is 0 Å². The Balaban J connectivity index is 1.96. The predicted octanol–water partition coefficient (Wildman–Crippen LogP) is 2.14. The third-order valence-corrected chi connectivity index (χ3v) is 4.27. The number of piperidine rings is 1. The second kappa shape index (κ2) is 7.77. The van der Waals surface area contributed by atoms with Crippen LogP contribution in [0.3, 0.4) is 0 Å². The van der Waals surface area contributed by atoms with Crippen molar-refractivity contribution in [1.82, 2.24) is 14.7 Å². The Morgan fingerprint density at radius 2 is 1.70 bits per heavy atom. The van der Waals surface area contributed by atoms with Gasteiger partial charge in [0.15, 0.2) is 0 Å². The maximum Gasteiger partial charge on any atom is 0.0237 e. The van der Waals surface area contributed by atoms with Crippen LogP contribution in [0.2, 0.25) is 0 Å². The van der Waals surface area contributed by atoms with Crippen molar-refractivity contribution in [2.75, 3.05) is 47.3 Å². The molecule has 2 rings (SSSR count). The second-order valence-corrected chi connectivity index (χ2v) is 6.29. The number of likely N-dealkylation sites (tertiary alicyclic amines) is 1. The van der Waals surface area contributed by atoms with Gasteiger partial charge in [-0.2, -0.15) is 0 Å². The van der Waals surface area contributed by atoms with E-state index in [9.17, 15) is 0 Å². The number of hydrogen-bond donors (Lipinski definition) is 0. The molecule has 0 atom stereocenters. The summed E-state index contributed by atoms with van der Waals surface area (Å²) in [5.41, 5.74) is 1.44. The highest BCUT2D eigenvalue weighted by molar-refractivity contribution is 5.14. The molecule has 0 radical (unpaired) electrons. The highest BCUT2D eigenvalue weighted by atomic mass is 15.2. The molecule has 0 aromatic heterocycles. The van der Waals surface area contributed by atoms with E-state index in [4.69, 9.17) is 0 Å². The first kappa shape index (κ1) is 15.5. The molecule has 0 amide bonds. The molecule has 1 aliphatic rings. The molecule has 1 aliphatic heterocycles. The van der Waals surface area contributed by atoms with Crippen LogP contribution in [0.1, 0.15) is 18.4 Å². The Morgan fingerprint density at radius 3 is 2.30 bits per heavy atom. The zero-order valence-electron chi connectivity index (χ0n) is 13.3. The third-order valence-electron chi connectivity index (χ3n) is 4.27. The fraction of sp³-hybridized carbons (Fsp3) is 0.647. The summed E-state index contributed by atoms with van der Waals surface area (Å²) in [6.07, 6.45) is 2.60. The van der Waals surface area contributed by atoms with E-state index < -0.39 is 0 Å². The van der Waals surface area contributed by atoms with Gasteiger partial charge in [-0.15, -0.1) is 0 Å². The van der Waals surface area contributed by atoms with Crippen LogP contribution >= 0.6 is 0 Å². The van der Waals surface area contributed by atoms with E-state index in [0.29, 0.717) is 0 Å². The summed E-state index contributed by atoms with van der Waals surface area (Å²) in [6.45, 7) is 5.86. The highest BCUT2D eigenvalue weighted by Gasteiger charge is 2.23. The largest absolute Gasteiger partial charge is 0.308 e. The summed E-state index contributed by atoms with van der Waals surface area (Å²) in [7, 11) is 6.56. The summed E-state index contributed by atoms with van der Waals surface area (Å²) in [5, 5.41) is 0. The van der Waals surface area contributed by atoms with Crippen LogP contribution in [0, 0.1) is 0 Å². The molecule has 1 aromatic carbocycles. The first-order valence-electron chi connectivity index (χ1n) is 7.76. The van der Waals surface area contributed by atoms with E-state index >= 15 is 0 Å². The van der Waals surface area contributed by atoms with Crippen molar-refractivity contribution >= 4 is 0 Å². The minimum Gasteiger partial charge on any atom is -0.308 e. The Bertz CT molecular complexity index is 369. The lowest BCUT2D eigenvalue weighted by atomic mass is 10.0. The van der Waals surface area contributed by atoms with E-state index in [-0.39, 0.29) is 0 Å². The molecule has 0 N–H and O–H groups in total. The smallest absolute Gasteiger partial charge is 0.0237 e. The van der Waals surface area contributed by atoms with Gasteiger partial charge in [0.1, 0.15) is 0 Å². The standard InChI is InChI=1S/C17H29N3/c1-18(2)13-14-20(15-16-7-5-4-6-8-16)17-9-11-19(3)12-10-17/h4-8,17H,9-15H2,1-3H3. The minimum atomic E-state index is 0.742. The van der Waals surface area contributed by atoms with Gasteiger partial charge in [-0.1, -0.05) is 30.3 Å². The zero-order chi connectivity index (χ0) is 14.4. The number of hydrogen-bond acceptors (Lipinski definition) is 3. The van der Waals surface area contributed by atoms with Gasteiger partial charge in [0.25, 0.3) is 0 Å². The molecule has 3 nitrogen and oxygen atoms in total. The van der Waals surface area contributed by atoms with E-state index in [0.717, 1.165) is 25.7 Å². The molecule has 3 heteroatoms. The Kier molecular flexibility index (Phi) is 6.02. The topological polar surface area (TPSA) is 9.72 Å². The van der Waals surface area contributed by atoms with Crippen molar-refractivity contribution in [3.05, 3.63) is 35.9 Å². The monoisotopic (exact) mass is 275 g/mol. The minimum absolute atomic E-state index is 0.742. The molecule has 1 heterocycles. The molecule has 0 spiro atoms. The van der Waals surface area contributed by atoms with Crippen LogP contribution in [0.5, 0.6) is 0 Å².